The van der Waals surface area contributed by atoms with Crippen LogP contribution in [0.2, 0.25) is 5.02 Å². The minimum absolute atomic E-state index is 0.0132. The molecule has 62 heavy (non-hydrogen) atoms. The van der Waals surface area contributed by atoms with Gasteiger partial charge in [-0.05, 0) is 128 Å². The van der Waals surface area contributed by atoms with Crippen LogP contribution in [-0.4, -0.2) is 70.8 Å². The van der Waals surface area contributed by atoms with Gasteiger partial charge in [-0.15, -0.1) is 11.8 Å². The van der Waals surface area contributed by atoms with Crippen LogP contribution in [0.5, 0.6) is 0 Å². The fourth-order valence-electron chi connectivity index (χ4n) is 7.98. The maximum absolute atomic E-state index is 14.1. The van der Waals surface area contributed by atoms with Gasteiger partial charge in [0.1, 0.15) is 4.90 Å². The van der Waals surface area contributed by atoms with Crippen molar-refractivity contribution in [1.29, 1.82) is 0 Å². The molecule has 0 radical (unpaired) electrons. The summed E-state index contributed by atoms with van der Waals surface area (Å²) in [6.07, 6.45) is 2.91. The van der Waals surface area contributed by atoms with E-state index in [1.165, 1.54) is 23.9 Å². The first kappa shape index (κ1) is 45.4. The maximum atomic E-state index is 14.1. The monoisotopic (exact) mass is 926 g/mol. The molecule has 2 fully saturated rings. The first-order valence-electron chi connectivity index (χ1n) is 20.2. The Hall–Kier alpha value is -4.58. The van der Waals surface area contributed by atoms with E-state index in [4.69, 9.17) is 11.6 Å². The van der Waals surface area contributed by atoms with Crippen molar-refractivity contribution in [2.75, 3.05) is 35.6 Å². The number of sulfonamides is 1. The van der Waals surface area contributed by atoms with Crippen molar-refractivity contribution in [3.8, 4) is 11.1 Å². The third-order valence-electron chi connectivity index (χ3n) is 11.3. The number of piperidine rings is 1. The summed E-state index contributed by atoms with van der Waals surface area (Å²) in [5.41, 5.74) is -2.69. The summed E-state index contributed by atoms with van der Waals surface area (Å²) >= 11 is 7.55. The molecule has 328 valence electrons. The number of alkyl halides is 3. The third kappa shape index (κ3) is 10.8. The molecule has 0 aliphatic carbocycles. The Bertz CT molecular complexity index is 2550. The van der Waals surface area contributed by atoms with Crippen LogP contribution in [0, 0.1) is 5.92 Å². The minimum Gasteiger partial charge on any atom is -0.388 e. The molecule has 2 saturated heterocycles. The SMILES string of the molecule is O=C(NS(=O)(=O)c1ccc(N[C@@H](CSc2ccccc2)C[C@H]2CCCN2)c(S(=O)(=O)C(F)(F)F)c1)c1ccc(N2CCC([C@H](O)c3ccccc3-c3ccc(Cl)cc3)CC2)cc1. The van der Waals surface area contributed by atoms with Crippen molar-refractivity contribution in [3.05, 3.63) is 137 Å². The molecule has 5 aromatic carbocycles. The molecular formula is C45H46ClF3N4O6S3. The second kappa shape index (κ2) is 19.4. The van der Waals surface area contributed by atoms with Crippen LogP contribution in [-0.2, 0) is 19.9 Å². The number of sulfone groups is 1. The molecule has 10 nitrogen and oxygen atoms in total. The van der Waals surface area contributed by atoms with Crippen molar-refractivity contribution in [1.82, 2.24) is 10.0 Å². The number of anilines is 2. The summed E-state index contributed by atoms with van der Waals surface area (Å²) in [5.74, 6) is -0.687. The Balaban J connectivity index is 1.02. The Morgan fingerprint density at radius 2 is 1.55 bits per heavy atom. The molecule has 0 unspecified atom stereocenters. The van der Waals surface area contributed by atoms with Gasteiger partial charge >= 0.3 is 5.51 Å². The number of nitrogens with zero attached hydrogens (tertiary/aromatic N) is 1. The van der Waals surface area contributed by atoms with Gasteiger partial charge in [-0.2, -0.15) is 13.2 Å². The number of halogens is 4. The third-order valence-corrected chi connectivity index (χ3v) is 15.6. The Labute approximate surface area is 369 Å². The van der Waals surface area contributed by atoms with E-state index in [0.717, 1.165) is 58.8 Å². The molecule has 0 saturated carbocycles. The number of thioether (sulfide) groups is 1. The Morgan fingerprint density at radius 3 is 2.21 bits per heavy atom. The average molecular weight is 928 g/mol. The molecule has 5 aromatic rings. The summed E-state index contributed by atoms with van der Waals surface area (Å²) in [5, 5.41) is 18.5. The van der Waals surface area contributed by atoms with Crippen LogP contribution in [0.15, 0.2) is 136 Å². The molecule has 0 spiro atoms. The highest BCUT2D eigenvalue weighted by atomic mass is 35.5. The number of rotatable bonds is 15. The largest absolute Gasteiger partial charge is 0.501 e. The lowest BCUT2D eigenvalue weighted by atomic mass is 9.84. The molecule has 2 aliphatic heterocycles. The summed E-state index contributed by atoms with van der Waals surface area (Å²) < 4.78 is 97.2. The van der Waals surface area contributed by atoms with E-state index < -0.39 is 58.9 Å². The Morgan fingerprint density at radius 1 is 0.871 bits per heavy atom. The highest BCUT2D eigenvalue weighted by Crippen LogP contribution is 2.39. The highest BCUT2D eigenvalue weighted by Gasteiger charge is 2.48. The number of nitrogens with one attached hydrogen (secondary N) is 3. The van der Waals surface area contributed by atoms with E-state index in [0.29, 0.717) is 49.2 Å². The molecule has 0 aromatic heterocycles. The van der Waals surface area contributed by atoms with Gasteiger partial charge in [0.05, 0.1) is 16.7 Å². The molecule has 17 heteroatoms. The number of hydrogen-bond donors (Lipinski definition) is 4. The zero-order chi connectivity index (χ0) is 44.1. The van der Waals surface area contributed by atoms with Gasteiger partial charge in [0.25, 0.3) is 25.8 Å². The van der Waals surface area contributed by atoms with Gasteiger partial charge in [-0.1, -0.05) is 66.2 Å². The van der Waals surface area contributed by atoms with Gasteiger partial charge in [0.15, 0.2) is 0 Å². The lowest BCUT2D eigenvalue weighted by Crippen LogP contribution is -2.36. The van der Waals surface area contributed by atoms with E-state index in [1.807, 2.05) is 83.6 Å². The summed E-state index contributed by atoms with van der Waals surface area (Å²) in [7, 11) is -10.9. The summed E-state index contributed by atoms with van der Waals surface area (Å²) in [6.45, 7) is 2.01. The average Bonchev–Trinajstić information content (AvgIpc) is 3.79. The molecule has 2 aliphatic rings. The second-order valence-electron chi connectivity index (χ2n) is 15.4. The number of hydrogen-bond acceptors (Lipinski definition) is 10. The van der Waals surface area contributed by atoms with Crippen molar-refractivity contribution in [2.24, 2.45) is 5.92 Å². The Kier molecular flexibility index (Phi) is 14.2. The second-order valence-corrected chi connectivity index (χ2v) is 20.6. The molecule has 2 heterocycles. The summed E-state index contributed by atoms with van der Waals surface area (Å²) in [6, 6.07) is 32.7. The van der Waals surface area contributed by atoms with Gasteiger partial charge in [-0.3, -0.25) is 4.79 Å². The number of benzene rings is 5. The van der Waals surface area contributed by atoms with Crippen molar-refractivity contribution in [3.63, 3.8) is 0 Å². The van der Waals surface area contributed by atoms with Crippen molar-refractivity contribution >= 4 is 60.5 Å². The van der Waals surface area contributed by atoms with Gasteiger partial charge in [-0.25, -0.2) is 21.6 Å². The number of carbonyl (C=O) groups excluding carboxylic acids is 1. The van der Waals surface area contributed by atoms with E-state index in [9.17, 15) is 39.9 Å². The number of aliphatic hydroxyl groups excluding tert-OH is 1. The van der Waals surface area contributed by atoms with Gasteiger partial charge in [0, 0.05) is 52.1 Å². The fraction of sp³-hybridized carbons (Fsp3) is 0.311. The predicted molar refractivity (Wildman–Crippen MR) is 238 cm³/mol. The summed E-state index contributed by atoms with van der Waals surface area (Å²) in [4.78, 5) is 14.2. The van der Waals surface area contributed by atoms with Gasteiger partial charge in [0.2, 0.25) is 0 Å². The molecule has 3 atom stereocenters. The van der Waals surface area contributed by atoms with Crippen molar-refractivity contribution in [2.45, 2.75) is 70.5 Å². The maximum Gasteiger partial charge on any atom is 0.501 e. The number of aliphatic hydroxyl groups is 1. The number of amides is 1. The lowest BCUT2D eigenvalue weighted by Gasteiger charge is -2.36. The normalized spacial score (nSPS) is 17.4. The molecular weight excluding hydrogens is 881 g/mol. The lowest BCUT2D eigenvalue weighted by molar-refractivity contribution is -0.0435. The fourth-order valence-corrected chi connectivity index (χ4v) is 11.1. The molecule has 4 N–H and O–H groups in total. The quantitative estimate of drug-likeness (QED) is 0.0751. The number of carbonyl (C=O) groups is 1. The van der Waals surface area contributed by atoms with Crippen molar-refractivity contribution < 1.29 is 39.9 Å². The van der Waals surface area contributed by atoms with E-state index in [1.54, 1.807) is 12.1 Å². The van der Waals surface area contributed by atoms with Crippen LogP contribution in [0.25, 0.3) is 11.1 Å². The van der Waals surface area contributed by atoms with Crippen LogP contribution >= 0.6 is 23.4 Å². The molecule has 1 amide bonds. The van der Waals surface area contributed by atoms with Crippen LogP contribution in [0.4, 0.5) is 24.5 Å². The molecule has 7 rings (SSSR count). The van der Waals surface area contributed by atoms with Gasteiger partial charge < -0.3 is 20.6 Å². The molecule has 0 bridgehead atoms. The predicted octanol–water partition coefficient (Wildman–Crippen LogP) is 9.08. The minimum atomic E-state index is -6.05. The smallest absolute Gasteiger partial charge is 0.388 e. The first-order chi connectivity index (χ1) is 29.6. The van der Waals surface area contributed by atoms with Crippen LogP contribution in [0.3, 0.4) is 0 Å². The van der Waals surface area contributed by atoms with E-state index >= 15 is 0 Å². The topological polar surface area (TPSA) is 145 Å². The standard InChI is InChI=1S/C45H46ClF3N4O6S3/c46-33-16-12-30(13-17-33)39-10-4-5-11-40(39)43(54)31-22-25-53(26-23-31)36-18-14-32(15-19-36)44(55)52-62(58,59)38-20-21-41(42(28-38)61(56,57)45(47,48)49)51-35(27-34-7-6-24-50-34)29-60-37-8-2-1-3-9-37/h1-5,8-21,28,31,34-35,43,50-51,54H,6-7,22-27,29H2,(H,52,55)/t34-,35-,43+/m1/s1. The zero-order valence-corrected chi connectivity index (χ0v) is 36.6. The van der Waals surface area contributed by atoms with Crippen LogP contribution in [0.1, 0.15) is 54.1 Å². The zero-order valence-electron chi connectivity index (χ0n) is 33.4. The highest BCUT2D eigenvalue weighted by molar-refractivity contribution is 7.99. The van der Waals surface area contributed by atoms with Crippen LogP contribution < -0.4 is 20.3 Å². The van der Waals surface area contributed by atoms with E-state index in [-0.39, 0.29) is 17.5 Å². The van der Waals surface area contributed by atoms with E-state index in [2.05, 4.69) is 15.5 Å². The first-order valence-corrected chi connectivity index (χ1v) is 24.5.